The first-order chi connectivity index (χ1) is 16.6. The Bertz CT molecular complexity index is 449. The number of hydrogen-bond donors (Lipinski definition) is 0. The maximum absolute atomic E-state index is 6.95. The Kier molecular flexibility index (Phi) is 21.8. The number of allylic oxidation sites excluding steroid dienone is 4. The Balaban J connectivity index is 6.61. The summed E-state index contributed by atoms with van der Waals surface area (Å²) in [5, 5.41) is 0.236. The lowest BCUT2D eigenvalue weighted by molar-refractivity contribution is 0.131. The zero-order valence-corrected chi connectivity index (χ0v) is 25.8. The highest BCUT2D eigenvalue weighted by molar-refractivity contribution is 6.88. The van der Waals surface area contributed by atoms with Crippen molar-refractivity contribution in [1.29, 1.82) is 0 Å². The van der Waals surface area contributed by atoms with Crippen molar-refractivity contribution in [3.63, 3.8) is 0 Å². The molecule has 0 saturated heterocycles. The van der Waals surface area contributed by atoms with E-state index in [4.69, 9.17) is 17.7 Å². The van der Waals surface area contributed by atoms with Crippen LogP contribution >= 0.6 is 0 Å². The zero-order valence-electron chi connectivity index (χ0n) is 23.8. The summed E-state index contributed by atoms with van der Waals surface area (Å²) in [5.74, 6) is 0. The van der Waals surface area contributed by atoms with E-state index in [0.29, 0.717) is 0 Å². The molecule has 0 spiro atoms. The lowest BCUT2D eigenvalue weighted by Crippen LogP contribution is -2.61. The fraction of sp³-hybridized carbons (Fsp3) is 0.857. The van der Waals surface area contributed by atoms with E-state index < -0.39 is 17.1 Å². The largest absolute Gasteiger partial charge is 0.394 e. The minimum atomic E-state index is -2.66. The molecular weight excluding hydrogens is 456 g/mol. The lowest BCUT2D eigenvalue weighted by atomic mass is 10.4. The monoisotopic (exact) mass is 514 g/mol. The predicted octanol–water partition coefficient (Wildman–Crippen LogP) is 9.00. The van der Waals surface area contributed by atoms with Gasteiger partial charge in [0.05, 0.1) is 0 Å². The van der Waals surface area contributed by atoms with Gasteiger partial charge in [0.2, 0.25) is 0 Å². The Morgan fingerprint density at radius 1 is 0.529 bits per heavy atom. The average Bonchev–Trinajstić information content (AvgIpc) is 2.84. The molecule has 0 aliphatic rings. The second kappa shape index (κ2) is 22.0. The smallest absolute Gasteiger partial charge is 0.347 e. The van der Waals surface area contributed by atoms with Crippen molar-refractivity contribution in [2.45, 2.75) is 130 Å². The van der Waals surface area contributed by atoms with E-state index in [2.05, 4.69) is 72.8 Å². The summed E-state index contributed by atoms with van der Waals surface area (Å²) in [6, 6.07) is 1.75. The second-order valence-electron chi connectivity index (χ2n) is 9.32. The van der Waals surface area contributed by atoms with Gasteiger partial charge in [-0.2, -0.15) is 0 Å². The first-order valence-corrected chi connectivity index (χ1v) is 18.5. The van der Waals surface area contributed by atoms with Crippen molar-refractivity contribution < 1.29 is 17.7 Å². The zero-order chi connectivity index (χ0) is 25.5. The molecule has 34 heavy (non-hydrogen) atoms. The SMILES string of the molecule is CC=CC[Si](OCCCC)(OCCCC)C(CCC)[Si](CC=CC)(OCCCC)OCCCC. The molecule has 0 aliphatic heterocycles. The molecule has 0 fully saturated rings. The van der Waals surface area contributed by atoms with E-state index in [-0.39, 0.29) is 5.16 Å². The van der Waals surface area contributed by atoms with Gasteiger partial charge in [0.25, 0.3) is 0 Å². The van der Waals surface area contributed by atoms with Crippen LogP contribution in [0.1, 0.15) is 113 Å². The van der Waals surface area contributed by atoms with Crippen LogP contribution in [-0.2, 0) is 17.7 Å². The first kappa shape index (κ1) is 33.8. The van der Waals surface area contributed by atoms with Gasteiger partial charge in [0.15, 0.2) is 0 Å². The third-order valence-electron chi connectivity index (χ3n) is 6.29. The van der Waals surface area contributed by atoms with Gasteiger partial charge in [-0.1, -0.05) is 91.0 Å². The molecule has 0 saturated carbocycles. The van der Waals surface area contributed by atoms with Crippen LogP contribution in [0.4, 0.5) is 0 Å². The summed E-state index contributed by atoms with van der Waals surface area (Å²) >= 11 is 0. The minimum absolute atomic E-state index is 0.236. The molecule has 0 aromatic rings. The average molecular weight is 515 g/mol. The summed E-state index contributed by atoms with van der Waals surface area (Å²) in [7, 11) is -5.31. The van der Waals surface area contributed by atoms with Crippen molar-refractivity contribution in [2.24, 2.45) is 0 Å². The van der Waals surface area contributed by atoms with Crippen molar-refractivity contribution in [3.8, 4) is 0 Å². The van der Waals surface area contributed by atoms with Crippen LogP contribution in [0.5, 0.6) is 0 Å². The summed E-state index contributed by atoms with van der Waals surface area (Å²) in [5.41, 5.74) is 0. The van der Waals surface area contributed by atoms with E-state index in [1.165, 1.54) is 0 Å². The summed E-state index contributed by atoms with van der Waals surface area (Å²) in [4.78, 5) is 0. The Hall–Kier alpha value is -0.246. The van der Waals surface area contributed by atoms with E-state index in [9.17, 15) is 0 Å². The van der Waals surface area contributed by atoms with Crippen molar-refractivity contribution >= 4 is 17.1 Å². The maximum Gasteiger partial charge on any atom is 0.347 e. The van der Waals surface area contributed by atoms with E-state index >= 15 is 0 Å². The Labute approximate surface area is 215 Å². The summed E-state index contributed by atoms with van der Waals surface area (Å²) in [6.07, 6.45) is 19.8. The van der Waals surface area contributed by atoms with Gasteiger partial charge in [-0.15, -0.1) is 0 Å². The van der Waals surface area contributed by atoms with Gasteiger partial charge in [0, 0.05) is 43.7 Å². The first-order valence-electron chi connectivity index (χ1n) is 14.3. The van der Waals surface area contributed by atoms with Crippen LogP contribution in [0.25, 0.3) is 0 Å². The second-order valence-corrected chi connectivity index (χ2v) is 16.5. The molecule has 0 aliphatic carbocycles. The third-order valence-corrected chi connectivity index (χ3v) is 16.0. The normalized spacial score (nSPS) is 14.0. The number of hydrogen-bond acceptors (Lipinski definition) is 4. The molecule has 202 valence electrons. The van der Waals surface area contributed by atoms with Crippen LogP contribution in [0.3, 0.4) is 0 Å². The van der Waals surface area contributed by atoms with Crippen molar-refractivity contribution in [1.82, 2.24) is 0 Å². The topological polar surface area (TPSA) is 36.9 Å². The Morgan fingerprint density at radius 3 is 1.09 bits per heavy atom. The van der Waals surface area contributed by atoms with Gasteiger partial charge in [-0.25, -0.2) is 0 Å². The van der Waals surface area contributed by atoms with Crippen LogP contribution in [0.2, 0.25) is 17.3 Å². The highest BCUT2D eigenvalue weighted by Gasteiger charge is 2.59. The van der Waals surface area contributed by atoms with E-state index in [1.807, 2.05) is 0 Å². The van der Waals surface area contributed by atoms with Gasteiger partial charge in [-0.05, 0) is 46.0 Å². The summed E-state index contributed by atoms with van der Waals surface area (Å²) < 4.78 is 27.8. The van der Waals surface area contributed by atoms with Crippen LogP contribution in [0, 0.1) is 0 Å². The van der Waals surface area contributed by atoms with Gasteiger partial charge < -0.3 is 17.7 Å². The quantitative estimate of drug-likeness (QED) is 0.0731. The van der Waals surface area contributed by atoms with E-state index in [1.54, 1.807) is 0 Å². The van der Waals surface area contributed by atoms with Gasteiger partial charge in [-0.3, -0.25) is 0 Å². The molecule has 0 unspecified atom stereocenters. The van der Waals surface area contributed by atoms with Crippen LogP contribution in [0.15, 0.2) is 24.3 Å². The molecule has 0 N–H and O–H groups in total. The van der Waals surface area contributed by atoms with Gasteiger partial charge in [0.1, 0.15) is 0 Å². The highest BCUT2D eigenvalue weighted by Crippen LogP contribution is 2.44. The maximum atomic E-state index is 6.95. The van der Waals surface area contributed by atoms with Crippen molar-refractivity contribution in [2.75, 3.05) is 26.4 Å². The molecule has 0 aromatic carbocycles. The van der Waals surface area contributed by atoms with E-state index in [0.717, 1.165) is 103 Å². The van der Waals surface area contributed by atoms with Crippen LogP contribution < -0.4 is 0 Å². The predicted molar refractivity (Wildman–Crippen MR) is 153 cm³/mol. The molecule has 4 nitrogen and oxygen atoms in total. The molecular formula is C28H58O4Si2. The highest BCUT2D eigenvalue weighted by atomic mass is 28.4. The standard InChI is InChI=1S/C28H58O4Si2/c1-8-15-22-29-33(26-19-12-5,30-23-16-9-2)28(21-14-7)34(27-20-13-6,31-24-17-10-3)32-25-18-11-4/h12-13,19-20,28H,8-11,14-18,21-27H2,1-7H3. The number of rotatable bonds is 24. The van der Waals surface area contributed by atoms with Crippen molar-refractivity contribution in [3.05, 3.63) is 24.3 Å². The molecule has 0 radical (unpaired) electrons. The molecule has 0 heterocycles. The summed E-state index contributed by atoms with van der Waals surface area (Å²) in [6.45, 7) is 18.5. The molecule has 0 aromatic heterocycles. The fourth-order valence-corrected chi connectivity index (χ4v) is 15.1. The Morgan fingerprint density at radius 2 is 0.853 bits per heavy atom. The molecule has 0 atom stereocenters. The third kappa shape index (κ3) is 12.6. The minimum Gasteiger partial charge on any atom is -0.394 e. The molecule has 6 heteroatoms. The lowest BCUT2D eigenvalue weighted by Gasteiger charge is -2.45. The van der Waals surface area contributed by atoms with Crippen LogP contribution in [-0.4, -0.2) is 43.5 Å². The molecule has 0 bridgehead atoms. The number of unbranched alkanes of at least 4 members (excludes halogenated alkanes) is 4. The molecule has 0 rings (SSSR count). The van der Waals surface area contributed by atoms with Gasteiger partial charge >= 0.3 is 17.1 Å². The molecule has 0 amide bonds. The fourth-order valence-electron chi connectivity index (χ4n) is 4.19.